The molecule has 2 saturated heterocycles. The molecule has 32 heavy (non-hydrogen) atoms. The van der Waals surface area contributed by atoms with Crippen molar-refractivity contribution in [3.8, 4) is 17.2 Å². The van der Waals surface area contributed by atoms with Crippen LogP contribution in [0.15, 0.2) is 42.6 Å². The second kappa shape index (κ2) is 9.16. The van der Waals surface area contributed by atoms with Gasteiger partial charge in [0.2, 0.25) is 0 Å². The van der Waals surface area contributed by atoms with Crippen molar-refractivity contribution in [3.05, 3.63) is 53.7 Å². The summed E-state index contributed by atoms with van der Waals surface area (Å²) < 4.78 is 13.2. The van der Waals surface area contributed by atoms with Gasteiger partial charge in [-0.2, -0.15) is 0 Å². The summed E-state index contributed by atoms with van der Waals surface area (Å²) in [5.41, 5.74) is 5.12. The maximum Gasteiger partial charge on any atom is 0.162 e. The highest BCUT2D eigenvalue weighted by atomic mass is 16.5. The van der Waals surface area contributed by atoms with Gasteiger partial charge in [0.25, 0.3) is 0 Å². The van der Waals surface area contributed by atoms with Crippen molar-refractivity contribution in [3.63, 3.8) is 0 Å². The van der Waals surface area contributed by atoms with E-state index in [9.17, 15) is 0 Å². The monoisotopic (exact) mass is 433 g/mol. The Labute approximate surface area is 191 Å². The summed E-state index contributed by atoms with van der Waals surface area (Å²) in [5, 5.41) is 4.99. The predicted octanol–water partition coefficient (Wildman–Crippen LogP) is 4.89. The summed E-state index contributed by atoms with van der Waals surface area (Å²) in [6.45, 7) is 7.06. The number of nitrogens with zero attached hydrogens (tertiary/aromatic N) is 2. The molecule has 3 heterocycles. The van der Waals surface area contributed by atoms with Crippen molar-refractivity contribution in [1.29, 1.82) is 0 Å². The first kappa shape index (κ1) is 21.4. The maximum absolute atomic E-state index is 5.52. The molecule has 0 radical (unpaired) electrons. The summed E-state index contributed by atoms with van der Waals surface area (Å²) in [4.78, 5) is 2.66. The molecule has 0 bridgehead atoms. The van der Waals surface area contributed by atoms with Gasteiger partial charge in [0.15, 0.2) is 11.5 Å². The molecule has 0 aliphatic carbocycles. The zero-order valence-corrected chi connectivity index (χ0v) is 19.6. The van der Waals surface area contributed by atoms with Gasteiger partial charge in [-0.25, -0.2) is 0 Å². The van der Waals surface area contributed by atoms with Gasteiger partial charge in [-0.3, -0.25) is 0 Å². The van der Waals surface area contributed by atoms with Crippen LogP contribution in [0.2, 0.25) is 0 Å². The fourth-order valence-corrected chi connectivity index (χ4v) is 5.53. The molecule has 3 aromatic rings. The van der Waals surface area contributed by atoms with E-state index in [1.54, 1.807) is 14.2 Å². The van der Waals surface area contributed by atoms with Gasteiger partial charge < -0.3 is 24.3 Å². The van der Waals surface area contributed by atoms with Crippen molar-refractivity contribution < 1.29 is 9.47 Å². The van der Waals surface area contributed by atoms with Crippen molar-refractivity contribution in [2.45, 2.75) is 44.6 Å². The number of rotatable bonds is 6. The Hall–Kier alpha value is -2.50. The zero-order chi connectivity index (χ0) is 22.1. The lowest BCUT2D eigenvalue weighted by Gasteiger charge is -2.33. The number of ether oxygens (including phenoxy) is 2. The van der Waals surface area contributed by atoms with Gasteiger partial charge in [-0.05, 0) is 93.6 Å². The molecule has 5 heteroatoms. The second-order valence-corrected chi connectivity index (χ2v) is 9.37. The van der Waals surface area contributed by atoms with Gasteiger partial charge in [0.1, 0.15) is 0 Å². The van der Waals surface area contributed by atoms with Crippen LogP contribution in [0.4, 0.5) is 0 Å². The van der Waals surface area contributed by atoms with E-state index >= 15 is 0 Å². The minimum atomic E-state index is 0.663. The van der Waals surface area contributed by atoms with Gasteiger partial charge in [0, 0.05) is 35.9 Å². The summed E-state index contributed by atoms with van der Waals surface area (Å²) in [6.07, 6.45) is 7.42. The van der Waals surface area contributed by atoms with E-state index < -0.39 is 0 Å². The molecule has 0 spiro atoms. The SMILES string of the molecule is COc1ccc(-n2cc(C)c3cc(C4CCN(CC5CCCN5)CC4)ccc32)cc1OC. The Kier molecular flexibility index (Phi) is 6.11. The number of benzene rings is 2. The molecule has 2 aliphatic rings. The number of likely N-dealkylation sites (tertiary alicyclic amines) is 1. The first-order valence-corrected chi connectivity index (χ1v) is 12.0. The Bertz CT molecular complexity index is 1080. The number of aryl methyl sites for hydroxylation is 1. The Balaban J connectivity index is 1.35. The van der Waals surface area contributed by atoms with E-state index in [0.717, 1.165) is 17.2 Å². The summed E-state index contributed by atoms with van der Waals surface area (Å²) in [5.74, 6) is 2.17. The lowest BCUT2D eigenvalue weighted by Crippen LogP contribution is -2.41. The number of nitrogens with one attached hydrogen (secondary N) is 1. The molecule has 1 N–H and O–H groups in total. The number of methoxy groups -OCH3 is 2. The summed E-state index contributed by atoms with van der Waals surface area (Å²) in [6, 6.07) is 13.9. The van der Waals surface area contributed by atoms with Crippen molar-refractivity contribution in [2.24, 2.45) is 0 Å². The number of aromatic nitrogens is 1. The smallest absolute Gasteiger partial charge is 0.162 e. The largest absolute Gasteiger partial charge is 0.493 e. The molecular weight excluding hydrogens is 398 g/mol. The number of fused-ring (bicyclic) bond motifs is 1. The van der Waals surface area contributed by atoms with Crippen LogP contribution in [-0.4, -0.2) is 55.9 Å². The molecule has 0 amide bonds. The quantitative estimate of drug-likeness (QED) is 0.601. The molecular formula is C27H35N3O2. The third kappa shape index (κ3) is 4.12. The van der Waals surface area contributed by atoms with Crippen LogP contribution < -0.4 is 14.8 Å². The van der Waals surface area contributed by atoms with Gasteiger partial charge in [-0.1, -0.05) is 6.07 Å². The average Bonchev–Trinajstić information content (AvgIpc) is 3.46. The number of piperidine rings is 1. The highest BCUT2D eigenvalue weighted by molar-refractivity contribution is 5.86. The molecule has 5 nitrogen and oxygen atoms in total. The van der Waals surface area contributed by atoms with Crippen LogP contribution in [0.25, 0.3) is 16.6 Å². The standard InChI is InChI=1S/C27H35N3O2/c1-19-17-30(23-7-9-26(31-2)27(16-23)32-3)25-8-6-21(15-24(19)25)20-10-13-29(14-11-20)18-22-5-4-12-28-22/h6-9,15-17,20,22,28H,4-5,10-14,18H2,1-3H3. The van der Waals surface area contributed by atoms with Crippen LogP contribution in [-0.2, 0) is 0 Å². The fraction of sp³-hybridized carbons (Fsp3) is 0.481. The van der Waals surface area contributed by atoms with E-state index in [2.05, 4.69) is 52.2 Å². The molecule has 5 rings (SSSR count). The average molecular weight is 434 g/mol. The van der Waals surface area contributed by atoms with Crippen LogP contribution in [0.1, 0.15) is 42.7 Å². The second-order valence-electron chi connectivity index (χ2n) is 9.37. The molecule has 1 unspecified atom stereocenters. The third-order valence-corrected chi connectivity index (χ3v) is 7.37. The predicted molar refractivity (Wildman–Crippen MR) is 131 cm³/mol. The minimum absolute atomic E-state index is 0.663. The minimum Gasteiger partial charge on any atom is -0.493 e. The van der Waals surface area contributed by atoms with Crippen LogP contribution >= 0.6 is 0 Å². The lowest BCUT2D eigenvalue weighted by atomic mass is 9.88. The first-order valence-electron chi connectivity index (χ1n) is 12.0. The Morgan fingerprint density at radius 2 is 1.78 bits per heavy atom. The molecule has 1 aromatic heterocycles. The van der Waals surface area contributed by atoms with Crippen molar-refractivity contribution in [1.82, 2.24) is 14.8 Å². The van der Waals surface area contributed by atoms with Gasteiger partial charge >= 0.3 is 0 Å². The highest BCUT2D eigenvalue weighted by Gasteiger charge is 2.24. The zero-order valence-electron chi connectivity index (χ0n) is 19.6. The lowest BCUT2D eigenvalue weighted by molar-refractivity contribution is 0.196. The van der Waals surface area contributed by atoms with E-state index in [4.69, 9.17) is 9.47 Å². The fourth-order valence-electron chi connectivity index (χ4n) is 5.53. The van der Waals surface area contributed by atoms with Crippen molar-refractivity contribution >= 4 is 10.9 Å². The maximum atomic E-state index is 5.52. The Morgan fingerprint density at radius 1 is 0.969 bits per heavy atom. The number of hydrogen-bond acceptors (Lipinski definition) is 4. The normalized spacial score (nSPS) is 20.2. The van der Waals surface area contributed by atoms with Gasteiger partial charge in [-0.15, -0.1) is 0 Å². The van der Waals surface area contributed by atoms with E-state index in [1.165, 1.54) is 73.9 Å². The molecule has 170 valence electrons. The van der Waals surface area contributed by atoms with E-state index in [1.807, 2.05) is 12.1 Å². The molecule has 0 saturated carbocycles. The summed E-state index contributed by atoms with van der Waals surface area (Å²) >= 11 is 0. The van der Waals surface area contributed by atoms with Crippen LogP contribution in [0.5, 0.6) is 11.5 Å². The van der Waals surface area contributed by atoms with E-state index in [-0.39, 0.29) is 0 Å². The number of hydrogen-bond donors (Lipinski definition) is 1. The molecule has 2 aliphatic heterocycles. The molecule has 2 aromatic carbocycles. The molecule has 1 atom stereocenters. The third-order valence-electron chi connectivity index (χ3n) is 7.37. The van der Waals surface area contributed by atoms with Crippen LogP contribution in [0.3, 0.4) is 0 Å². The first-order chi connectivity index (χ1) is 15.7. The van der Waals surface area contributed by atoms with Gasteiger partial charge in [0.05, 0.1) is 19.7 Å². The topological polar surface area (TPSA) is 38.7 Å². The van der Waals surface area contributed by atoms with Crippen molar-refractivity contribution in [2.75, 3.05) is 40.4 Å². The Morgan fingerprint density at radius 3 is 2.50 bits per heavy atom. The molecule has 2 fully saturated rings. The van der Waals surface area contributed by atoms with Crippen LogP contribution in [0, 0.1) is 6.92 Å². The highest BCUT2D eigenvalue weighted by Crippen LogP contribution is 2.35. The summed E-state index contributed by atoms with van der Waals surface area (Å²) in [7, 11) is 3.35. The van der Waals surface area contributed by atoms with E-state index in [0.29, 0.717) is 12.0 Å².